The summed E-state index contributed by atoms with van der Waals surface area (Å²) in [5.41, 5.74) is 2.21. The van der Waals surface area contributed by atoms with Gasteiger partial charge in [-0.15, -0.1) is 0 Å². The molecule has 0 aromatic heterocycles. The van der Waals surface area contributed by atoms with E-state index in [9.17, 15) is 9.59 Å². The van der Waals surface area contributed by atoms with Crippen LogP contribution in [0.25, 0.3) is 0 Å². The van der Waals surface area contributed by atoms with Crippen LogP contribution in [0.15, 0.2) is 42.0 Å². The van der Waals surface area contributed by atoms with Crippen LogP contribution in [-0.2, 0) is 9.53 Å². The van der Waals surface area contributed by atoms with Crippen molar-refractivity contribution in [1.82, 2.24) is 0 Å². The minimum Gasteiger partial charge on any atom is -0.460 e. The van der Waals surface area contributed by atoms with Crippen molar-refractivity contribution >= 4 is 11.8 Å². The highest BCUT2D eigenvalue weighted by atomic mass is 16.5. The predicted octanol–water partition coefficient (Wildman–Crippen LogP) is 4.97. The lowest BCUT2D eigenvalue weighted by Crippen LogP contribution is -2.22. The van der Waals surface area contributed by atoms with Gasteiger partial charge in [0.2, 0.25) is 0 Å². The highest BCUT2D eigenvalue weighted by Gasteiger charge is 2.26. The smallest absolute Gasteiger partial charge is 0.379 e. The molecule has 0 heterocycles. The molecule has 1 unspecified atom stereocenters. The lowest BCUT2D eigenvalue weighted by atomic mass is 9.73. The van der Waals surface area contributed by atoms with Crippen LogP contribution in [0.4, 0.5) is 0 Å². The Kier molecular flexibility index (Phi) is 6.36. The minimum atomic E-state index is -0.758. The summed E-state index contributed by atoms with van der Waals surface area (Å²) < 4.78 is 5.11. The monoisotopic (exact) mass is 328 g/mol. The normalized spacial score (nSPS) is 18.0. The van der Waals surface area contributed by atoms with Crippen LogP contribution in [0.2, 0.25) is 0 Å². The fourth-order valence-corrected chi connectivity index (χ4v) is 3.14. The Morgan fingerprint density at radius 3 is 2.46 bits per heavy atom. The van der Waals surface area contributed by atoms with E-state index in [0.717, 1.165) is 31.6 Å². The Labute approximate surface area is 145 Å². The third kappa shape index (κ3) is 5.33. The van der Waals surface area contributed by atoms with Gasteiger partial charge in [-0.2, -0.15) is 0 Å². The zero-order chi connectivity index (χ0) is 17.6. The molecule has 24 heavy (non-hydrogen) atoms. The van der Waals surface area contributed by atoms with E-state index in [-0.39, 0.29) is 0 Å². The molecule has 0 radical (unpaired) electrons. The van der Waals surface area contributed by atoms with Gasteiger partial charge < -0.3 is 4.74 Å². The Balaban J connectivity index is 1.69. The van der Waals surface area contributed by atoms with Crippen molar-refractivity contribution in [3.8, 4) is 0 Å². The number of benzene rings is 1. The van der Waals surface area contributed by atoms with E-state index >= 15 is 0 Å². The van der Waals surface area contributed by atoms with Gasteiger partial charge in [-0.3, -0.25) is 4.79 Å². The fraction of sp³-hybridized carbons (Fsp3) is 0.524. The molecule has 130 valence electrons. The molecule has 1 aromatic carbocycles. The van der Waals surface area contributed by atoms with Crippen LogP contribution in [0.5, 0.6) is 0 Å². The third-order valence-electron chi connectivity index (χ3n) is 4.83. The predicted molar refractivity (Wildman–Crippen MR) is 95.8 cm³/mol. The van der Waals surface area contributed by atoms with E-state index in [1.165, 1.54) is 12.0 Å². The van der Waals surface area contributed by atoms with Gasteiger partial charge in [0.05, 0.1) is 6.61 Å². The summed E-state index contributed by atoms with van der Waals surface area (Å²) >= 11 is 0. The Bertz CT molecular complexity index is 593. The van der Waals surface area contributed by atoms with Gasteiger partial charge in [0, 0.05) is 5.56 Å². The van der Waals surface area contributed by atoms with E-state index in [4.69, 9.17) is 4.74 Å². The molecular formula is C21H28O3. The van der Waals surface area contributed by atoms with Crippen LogP contribution in [-0.4, -0.2) is 18.4 Å². The summed E-state index contributed by atoms with van der Waals surface area (Å²) in [6.07, 6.45) is 7.60. The summed E-state index contributed by atoms with van der Waals surface area (Å²) in [5.74, 6) is -0.574. The van der Waals surface area contributed by atoms with Crippen molar-refractivity contribution in [3.05, 3.63) is 47.5 Å². The van der Waals surface area contributed by atoms with Crippen LogP contribution in [0.1, 0.15) is 63.2 Å². The number of carbonyl (C=O) groups excluding carboxylic acids is 2. The summed E-state index contributed by atoms with van der Waals surface area (Å²) in [6.45, 7) is 7.22. The first-order valence-corrected chi connectivity index (χ1v) is 8.82. The first-order chi connectivity index (χ1) is 11.4. The average Bonchev–Trinajstić information content (AvgIpc) is 2.58. The quantitative estimate of drug-likeness (QED) is 0.243. The number of esters is 1. The Morgan fingerprint density at radius 1 is 1.17 bits per heavy atom. The number of ketones is 1. The number of allylic oxidation sites excluding steroid dienone is 2. The summed E-state index contributed by atoms with van der Waals surface area (Å²) in [4.78, 5) is 23.6. The number of Topliss-reactive ketones (excluding diaryl/α,β-unsaturated/α-hetero) is 1. The van der Waals surface area contributed by atoms with Gasteiger partial charge in [-0.1, -0.05) is 62.8 Å². The molecule has 0 saturated carbocycles. The number of rotatable bonds is 6. The largest absolute Gasteiger partial charge is 0.460 e. The maximum atomic E-state index is 11.9. The lowest BCUT2D eigenvalue weighted by Gasteiger charge is -2.33. The second-order valence-electron chi connectivity index (χ2n) is 7.63. The SMILES string of the molecule is CC(C)(C)C1CC=C(CCCOC(=O)C(=O)c2ccccc2)CC1. The van der Waals surface area contributed by atoms with Crippen LogP contribution >= 0.6 is 0 Å². The van der Waals surface area contributed by atoms with E-state index in [1.54, 1.807) is 24.3 Å². The van der Waals surface area contributed by atoms with Gasteiger partial charge in [0.25, 0.3) is 5.78 Å². The molecule has 0 bridgehead atoms. The molecule has 3 heteroatoms. The highest BCUT2D eigenvalue weighted by Crippen LogP contribution is 2.37. The molecule has 0 amide bonds. The molecule has 0 aliphatic heterocycles. The first kappa shape index (κ1) is 18.4. The van der Waals surface area contributed by atoms with Crippen molar-refractivity contribution in [1.29, 1.82) is 0 Å². The molecular weight excluding hydrogens is 300 g/mol. The zero-order valence-corrected chi connectivity index (χ0v) is 15.0. The number of hydrogen-bond acceptors (Lipinski definition) is 3. The summed E-state index contributed by atoms with van der Waals surface area (Å²) in [6, 6.07) is 8.54. The van der Waals surface area contributed by atoms with E-state index in [0.29, 0.717) is 17.6 Å². The standard InChI is InChI=1S/C21H28O3/c1-21(2,3)18-13-11-16(12-14-18)8-7-15-24-20(23)19(22)17-9-5-4-6-10-17/h4-6,9-11,18H,7-8,12-15H2,1-3H3. The Morgan fingerprint density at radius 2 is 1.88 bits per heavy atom. The second-order valence-corrected chi connectivity index (χ2v) is 7.63. The van der Waals surface area contributed by atoms with Crippen molar-refractivity contribution in [2.75, 3.05) is 6.61 Å². The lowest BCUT2D eigenvalue weighted by molar-refractivity contribution is -0.138. The molecule has 0 spiro atoms. The van der Waals surface area contributed by atoms with Crippen LogP contribution in [0.3, 0.4) is 0 Å². The molecule has 1 aliphatic rings. The molecule has 1 aliphatic carbocycles. The average molecular weight is 328 g/mol. The molecule has 0 saturated heterocycles. The van der Waals surface area contributed by atoms with Gasteiger partial charge in [0.1, 0.15) is 0 Å². The molecule has 1 aromatic rings. The van der Waals surface area contributed by atoms with Crippen molar-refractivity contribution in [3.63, 3.8) is 0 Å². The molecule has 2 rings (SSSR count). The first-order valence-electron chi connectivity index (χ1n) is 8.82. The van der Waals surface area contributed by atoms with E-state index < -0.39 is 11.8 Å². The Hall–Kier alpha value is -1.90. The van der Waals surface area contributed by atoms with Crippen LogP contribution in [0, 0.1) is 11.3 Å². The minimum absolute atomic E-state index is 0.303. The zero-order valence-electron chi connectivity index (χ0n) is 15.0. The third-order valence-corrected chi connectivity index (χ3v) is 4.83. The number of ether oxygens (including phenoxy) is 1. The van der Waals surface area contributed by atoms with Gasteiger partial charge in [0.15, 0.2) is 0 Å². The molecule has 0 N–H and O–H groups in total. The van der Waals surface area contributed by atoms with Crippen molar-refractivity contribution < 1.29 is 14.3 Å². The second kappa shape index (κ2) is 8.27. The fourth-order valence-electron chi connectivity index (χ4n) is 3.14. The topological polar surface area (TPSA) is 43.4 Å². The molecule has 1 atom stereocenters. The van der Waals surface area contributed by atoms with Gasteiger partial charge >= 0.3 is 5.97 Å². The highest BCUT2D eigenvalue weighted by molar-refractivity contribution is 6.40. The van der Waals surface area contributed by atoms with E-state index in [1.807, 2.05) is 6.07 Å². The molecule has 0 fully saturated rings. The van der Waals surface area contributed by atoms with Gasteiger partial charge in [-0.05, 0) is 43.4 Å². The van der Waals surface area contributed by atoms with Crippen molar-refractivity contribution in [2.24, 2.45) is 11.3 Å². The van der Waals surface area contributed by atoms with Crippen LogP contribution < -0.4 is 0 Å². The summed E-state index contributed by atoms with van der Waals surface area (Å²) in [7, 11) is 0. The molecule has 3 nitrogen and oxygen atoms in total. The van der Waals surface area contributed by atoms with Gasteiger partial charge in [-0.25, -0.2) is 4.79 Å². The van der Waals surface area contributed by atoms with E-state index in [2.05, 4.69) is 26.8 Å². The van der Waals surface area contributed by atoms with Crippen molar-refractivity contribution in [2.45, 2.75) is 52.9 Å². The summed E-state index contributed by atoms with van der Waals surface area (Å²) in [5, 5.41) is 0. The maximum Gasteiger partial charge on any atom is 0.379 e. The number of carbonyl (C=O) groups is 2. The number of hydrogen-bond donors (Lipinski definition) is 0. The maximum absolute atomic E-state index is 11.9.